The van der Waals surface area contributed by atoms with Crippen LogP contribution >= 0.6 is 11.3 Å². The second-order valence-corrected chi connectivity index (χ2v) is 5.62. The summed E-state index contributed by atoms with van der Waals surface area (Å²) in [5.41, 5.74) is 0. The lowest BCUT2D eigenvalue weighted by Gasteiger charge is -2.17. The molecule has 1 atom stereocenters. The number of thiazole rings is 1. The molecule has 0 radical (unpaired) electrons. The molecule has 1 aromatic heterocycles. The van der Waals surface area contributed by atoms with Gasteiger partial charge in [-0.25, -0.2) is 4.98 Å². The van der Waals surface area contributed by atoms with Crippen LogP contribution in [0.3, 0.4) is 0 Å². The summed E-state index contributed by atoms with van der Waals surface area (Å²) in [4.78, 5) is 17.9. The highest BCUT2D eigenvalue weighted by Crippen LogP contribution is 2.21. The van der Waals surface area contributed by atoms with E-state index >= 15 is 0 Å². The van der Waals surface area contributed by atoms with Crippen LogP contribution in [0, 0.1) is 5.92 Å². The van der Waals surface area contributed by atoms with Crippen molar-refractivity contribution in [3.63, 3.8) is 0 Å². The van der Waals surface area contributed by atoms with Gasteiger partial charge in [-0.05, 0) is 5.92 Å². The Labute approximate surface area is 106 Å². The van der Waals surface area contributed by atoms with Crippen LogP contribution in [-0.2, 0) is 4.79 Å². The van der Waals surface area contributed by atoms with Gasteiger partial charge in [0.25, 0.3) is 5.19 Å². The first-order valence-electron chi connectivity index (χ1n) is 5.99. The van der Waals surface area contributed by atoms with E-state index in [-0.39, 0.29) is 12.0 Å². The van der Waals surface area contributed by atoms with Crippen molar-refractivity contribution in [1.82, 2.24) is 9.88 Å². The zero-order valence-corrected chi connectivity index (χ0v) is 11.1. The molecular formula is C12H18N2O2S. The Bertz CT molecular complexity index is 365. The summed E-state index contributed by atoms with van der Waals surface area (Å²) in [5.74, 6) is 0.659. The van der Waals surface area contributed by atoms with Crippen LogP contribution in [-0.4, -0.2) is 35.0 Å². The fraction of sp³-hybridized carbons (Fsp3) is 0.667. The van der Waals surface area contributed by atoms with Gasteiger partial charge in [-0.2, -0.15) is 0 Å². The number of hydrogen-bond acceptors (Lipinski definition) is 4. The number of aromatic nitrogens is 1. The lowest BCUT2D eigenvalue weighted by Crippen LogP contribution is -2.31. The fourth-order valence-corrected chi connectivity index (χ4v) is 2.49. The van der Waals surface area contributed by atoms with E-state index in [2.05, 4.69) is 18.8 Å². The van der Waals surface area contributed by atoms with Gasteiger partial charge in [0.1, 0.15) is 6.10 Å². The van der Waals surface area contributed by atoms with E-state index in [1.807, 2.05) is 10.3 Å². The Morgan fingerprint density at radius 2 is 2.53 bits per heavy atom. The van der Waals surface area contributed by atoms with Crippen molar-refractivity contribution in [2.75, 3.05) is 13.1 Å². The molecule has 0 N–H and O–H groups in total. The van der Waals surface area contributed by atoms with Crippen molar-refractivity contribution in [2.45, 2.75) is 32.8 Å². The van der Waals surface area contributed by atoms with E-state index in [4.69, 9.17) is 4.74 Å². The standard InChI is InChI=1S/C12H18N2O2S/c1-9(2)7-11(15)14-5-3-10(8-14)16-12-13-4-6-17-12/h4,6,9-10H,3,5,7-8H2,1-2H3. The van der Waals surface area contributed by atoms with Gasteiger partial charge in [0, 0.05) is 31.0 Å². The van der Waals surface area contributed by atoms with Crippen LogP contribution in [0.2, 0.25) is 0 Å². The third-order valence-electron chi connectivity index (χ3n) is 2.76. The molecule has 1 aromatic rings. The van der Waals surface area contributed by atoms with Crippen molar-refractivity contribution in [2.24, 2.45) is 5.92 Å². The summed E-state index contributed by atoms with van der Waals surface area (Å²) >= 11 is 1.49. The number of nitrogens with zero attached hydrogens (tertiary/aromatic N) is 2. The third-order valence-corrected chi connectivity index (χ3v) is 3.42. The Balaban J connectivity index is 1.81. The highest BCUT2D eigenvalue weighted by molar-refractivity contribution is 7.11. The largest absolute Gasteiger partial charge is 0.465 e. The van der Waals surface area contributed by atoms with Crippen LogP contribution in [0.25, 0.3) is 0 Å². The van der Waals surface area contributed by atoms with Crippen LogP contribution in [0.1, 0.15) is 26.7 Å². The Morgan fingerprint density at radius 3 is 3.18 bits per heavy atom. The summed E-state index contributed by atoms with van der Waals surface area (Å²) in [6.07, 6.45) is 3.38. The van der Waals surface area contributed by atoms with Gasteiger partial charge in [0.15, 0.2) is 0 Å². The van der Waals surface area contributed by atoms with Crippen molar-refractivity contribution < 1.29 is 9.53 Å². The van der Waals surface area contributed by atoms with Crippen molar-refractivity contribution in [1.29, 1.82) is 0 Å². The van der Waals surface area contributed by atoms with Crippen molar-refractivity contribution in [3.05, 3.63) is 11.6 Å². The molecule has 1 aliphatic rings. The number of amides is 1. The van der Waals surface area contributed by atoms with E-state index in [1.54, 1.807) is 6.20 Å². The predicted octanol–water partition coefficient (Wildman–Crippen LogP) is 2.17. The summed E-state index contributed by atoms with van der Waals surface area (Å²) in [6.45, 7) is 5.64. The quantitative estimate of drug-likeness (QED) is 0.827. The number of rotatable bonds is 4. The lowest BCUT2D eigenvalue weighted by molar-refractivity contribution is -0.131. The molecule has 0 spiro atoms. The minimum absolute atomic E-state index is 0.109. The van der Waals surface area contributed by atoms with Gasteiger partial charge in [0.05, 0.1) is 6.54 Å². The monoisotopic (exact) mass is 254 g/mol. The van der Waals surface area contributed by atoms with E-state index < -0.39 is 0 Å². The Morgan fingerprint density at radius 1 is 1.71 bits per heavy atom. The summed E-state index contributed by atoms with van der Waals surface area (Å²) in [5, 5.41) is 2.60. The SMILES string of the molecule is CC(C)CC(=O)N1CCC(Oc2nccs2)C1. The molecule has 1 saturated heterocycles. The fourth-order valence-electron chi connectivity index (χ4n) is 1.94. The molecule has 1 unspecified atom stereocenters. The normalized spacial score (nSPS) is 19.9. The second-order valence-electron chi connectivity index (χ2n) is 4.76. The first kappa shape index (κ1) is 12.4. The van der Waals surface area contributed by atoms with Crippen molar-refractivity contribution >= 4 is 17.2 Å². The zero-order chi connectivity index (χ0) is 12.3. The second kappa shape index (κ2) is 5.49. The zero-order valence-electron chi connectivity index (χ0n) is 10.3. The van der Waals surface area contributed by atoms with E-state index in [0.29, 0.717) is 24.1 Å². The maximum atomic E-state index is 11.9. The molecule has 1 fully saturated rings. The van der Waals surface area contributed by atoms with Gasteiger partial charge in [-0.15, -0.1) is 0 Å². The lowest BCUT2D eigenvalue weighted by atomic mass is 10.1. The average Bonchev–Trinajstić information content (AvgIpc) is 2.88. The molecule has 5 heteroatoms. The molecule has 0 aliphatic carbocycles. The van der Waals surface area contributed by atoms with Crippen LogP contribution in [0.15, 0.2) is 11.6 Å². The van der Waals surface area contributed by atoms with E-state index in [1.165, 1.54) is 11.3 Å². The smallest absolute Gasteiger partial charge is 0.273 e. The highest BCUT2D eigenvalue weighted by atomic mass is 32.1. The van der Waals surface area contributed by atoms with Gasteiger partial charge >= 0.3 is 0 Å². The number of carbonyl (C=O) groups is 1. The molecule has 0 aromatic carbocycles. The maximum absolute atomic E-state index is 11.9. The predicted molar refractivity (Wildman–Crippen MR) is 67.2 cm³/mol. The van der Waals surface area contributed by atoms with Crippen LogP contribution in [0.4, 0.5) is 0 Å². The van der Waals surface area contributed by atoms with Crippen LogP contribution in [0.5, 0.6) is 5.19 Å². The molecule has 2 rings (SSSR count). The number of hydrogen-bond donors (Lipinski definition) is 0. The molecule has 2 heterocycles. The molecule has 94 valence electrons. The Hall–Kier alpha value is -1.10. The number of carbonyl (C=O) groups excluding carboxylic acids is 1. The molecule has 1 amide bonds. The van der Waals surface area contributed by atoms with Gasteiger partial charge in [-0.1, -0.05) is 25.2 Å². The van der Waals surface area contributed by atoms with Gasteiger partial charge < -0.3 is 9.64 Å². The maximum Gasteiger partial charge on any atom is 0.273 e. The molecular weight excluding hydrogens is 236 g/mol. The third kappa shape index (κ3) is 3.43. The van der Waals surface area contributed by atoms with Gasteiger partial charge in [-0.3, -0.25) is 4.79 Å². The molecule has 0 saturated carbocycles. The van der Waals surface area contributed by atoms with Crippen molar-refractivity contribution in [3.8, 4) is 5.19 Å². The molecule has 4 nitrogen and oxygen atoms in total. The van der Waals surface area contributed by atoms with Gasteiger partial charge in [0.2, 0.25) is 5.91 Å². The first-order chi connectivity index (χ1) is 8.15. The minimum atomic E-state index is 0.109. The average molecular weight is 254 g/mol. The number of ether oxygens (including phenoxy) is 1. The van der Waals surface area contributed by atoms with Crippen LogP contribution < -0.4 is 4.74 Å². The molecule has 17 heavy (non-hydrogen) atoms. The summed E-state index contributed by atoms with van der Waals surface area (Å²) < 4.78 is 5.71. The Kier molecular flexibility index (Phi) is 3.99. The summed E-state index contributed by atoms with van der Waals surface area (Å²) in [6, 6.07) is 0. The molecule has 1 aliphatic heterocycles. The minimum Gasteiger partial charge on any atom is -0.465 e. The van der Waals surface area contributed by atoms with E-state index in [0.717, 1.165) is 13.0 Å². The highest BCUT2D eigenvalue weighted by Gasteiger charge is 2.28. The van der Waals surface area contributed by atoms with E-state index in [9.17, 15) is 4.79 Å². The molecule has 0 bridgehead atoms. The summed E-state index contributed by atoms with van der Waals surface area (Å²) in [7, 11) is 0. The first-order valence-corrected chi connectivity index (χ1v) is 6.87. The number of likely N-dealkylation sites (tertiary alicyclic amines) is 1. The topological polar surface area (TPSA) is 42.4 Å².